The van der Waals surface area contributed by atoms with Crippen LogP contribution in [-0.2, 0) is 0 Å². The normalized spacial score (nSPS) is 12.0. The number of hydrogen-bond donors (Lipinski definition) is 0. The van der Waals surface area contributed by atoms with E-state index in [1.807, 2.05) is 30.6 Å². The van der Waals surface area contributed by atoms with E-state index in [1.54, 1.807) is 6.20 Å². The number of nitrogens with zero attached hydrogens (tertiary/aromatic N) is 3. The van der Waals surface area contributed by atoms with Crippen molar-refractivity contribution in [3.63, 3.8) is 0 Å². The summed E-state index contributed by atoms with van der Waals surface area (Å²) in [5.74, 6) is 1.81. The number of fused-ring (bicyclic) bond motifs is 5. The van der Waals surface area contributed by atoms with Gasteiger partial charge >= 0.3 is 0 Å². The molecule has 4 heterocycles. The van der Waals surface area contributed by atoms with Gasteiger partial charge in [-0.15, -0.1) is 0 Å². The summed E-state index contributed by atoms with van der Waals surface area (Å²) in [4.78, 5) is 9.02. The van der Waals surface area contributed by atoms with Crippen molar-refractivity contribution in [3.05, 3.63) is 140 Å². The maximum absolute atomic E-state index is 6.34. The van der Waals surface area contributed by atoms with Crippen LogP contribution in [-0.4, -0.2) is 14.5 Å². The zero-order valence-corrected chi connectivity index (χ0v) is 22.5. The SMILES string of the molecule is c1cncc(-c2ccc(-n3c4ccccc4c4cc(-c5ccc6c(c5)-c5cccc7cccc(c57)O6)ccc43)cn2)c1. The van der Waals surface area contributed by atoms with Crippen molar-refractivity contribution in [2.75, 3.05) is 0 Å². The summed E-state index contributed by atoms with van der Waals surface area (Å²) in [5, 5.41) is 4.79. The van der Waals surface area contributed by atoms with Gasteiger partial charge in [-0.05, 0) is 82.7 Å². The monoisotopic (exact) mass is 537 g/mol. The van der Waals surface area contributed by atoms with Gasteiger partial charge in [0.2, 0.25) is 0 Å². The van der Waals surface area contributed by atoms with E-state index in [9.17, 15) is 0 Å². The van der Waals surface area contributed by atoms with Crippen molar-refractivity contribution in [2.45, 2.75) is 0 Å². The lowest BCUT2D eigenvalue weighted by atomic mass is 9.92. The first-order chi connectivity index (χ1) is 20.8. The molecule has 0 saturated heterocycles. The number of ether oxygens (including phenoxy) is 1. The van der Waals surface area contributed by atoms with Crippen LogP contribution in [0.1, 0.15) is 0 Å². The third-order valence-corrected chi connectivity index (χ3v) is 8.33. The molecular weight excluding hydrogens is 514 g/mol. The van der Waals surface area contributed by atoms with E-state index in [1.165, 1.54) is 32.7 Å². The fourth-order valence-electron chi connectivity index (χ4n) is 6.38. The van der Waals surface area contributed by atoms with Gasteiger partial charge in [0.05, 0.1) is 28.6 Å². The minimum absolute atomic E-state index is 0.893. The second-order valence-electron chi connectivity index (χ2n) is 10.7. The number of pyridine rings is 2. The van der Waals surface area contributed by atoms with Gasteiger partial charge in [0.1, 0.15) is 11.5 Å². The lowest BCUT2D eigenvalue weighted by Crippen LogP contribution is -1.97. The van der Waals surface area contributed by atoms with E-state index in [0.29, 0.717) is 0 Å². The average Bonchev–Trinajstić information content (AvgIpc) is 3.39. The van der Waals surface area contributed by atoms with Gasteiger partial charge < -0.3 is 9.30 Å². The third-order valence-electron chi connectivity index (χ3n) is 8.33. The molecule has 0 spiro atoms. The minimum Gasteiger partial charge on any atom is -0.456 e. The van der Waals surface area contributed by atoms with Crippen molar-refractivity contribution in [1.82, 2.24) is 14.5 Å². The zero-order valence-electron chi connectivity index (χ0n) is 22.5. The van der Waals surface area contributed by atoms with E-state index in [4.69, 9.17) is 9.72 Å². The summed E-state index contributed by atoms with van der Waals surface area (Å²) in [5.41, 5.74) is 9.91. The number of aromatic nitrogens is 3. The van der Waals surface area contributed by atoms with Crippen molar-refractivity contribution >= 4 is 32.6 Å². The summed E-state index contributed by atoms with van der Waals surface area (Å²) >= 11 is 0. The highest BCUT2D eigenvalue weighted by Crippen LogP contribution is 2.47. The lowest BCUT2D eigenvalue weighted by Gasteiger charge is -2.22. The molecule has 0 aliphatic carbocycles. The van der Waals surface area contributed by atoms with Crippen LogP contribution in [0.15, 0.2) is 140 Å². The van der Waals surface area contributed by atoms with Gasteiger partial charge in [-0.3, -0.25) is 9.97 Å². The molecule has 9 rings (SSSR count). The summed E-state index contributed by atoms with van der Waals surface area (Å²) in [7, 11) is 0. The molecular formula is C38H23N3O. The largest absolute Gasteiger partial charge is 0.456 e. The Bertz CT molecular complexity index is 2310. The minimum atomic E-state index is 0.893. The Hall–Kier alpha value is -5.74. The third kappa shape index (κ3) is 3.42. The van der Waals surface area contributed by atoms with Gasteiger partial charge in [0, 0.05) is 39.7 Å². The second-order valence-corrected chi connectivity index (χ2v) is 10.7. The molecule has 8 aromatic rings. The molecule has 196 valence electrons. The molecule has 0 saturated carbocycles. The average molecular weight is 538 g/mol. The molecule has 0 amide bonds. The van der Waals surface area contributed by atoms with Gasteiger partial charge in [0.25, 0.3) is 0 Å². The molecule has 0 atom stereocenters. The summed E-state index contributed by atoms with van der Waals surface area (Å²) < 4.78 is 8.64. The Morgan fingerprint density at radius 1 is 0.548 bits per heavy atom. The van der Waals surface area contributed by atoms with E-state index in [-0.39, 0.29) is 0 Å². The number of hydrogen-bond acceptors (Lipinski definition) is 3. The van der Waals surface area contributed by atoms with Gasteiger partial charge in [-0.2, -0.15) is 0 Å². The summed E-state index contributed by atoms with van der Waals surface area (Å²) in [6.45, 7) is 0. The van der Waals surface area contributed by atoms with E-state index in [2.05, 4.69) is 113 Å². The Morgan fingerprint density at radius 2 is 1.40 bits per heavy atom. The molecule has 0 N–H and O–H groups in total. The van der Waals surface area contributed by atoms with E-state index < -0.39 is 0 Å². The van der Waals surface area contributed by atoms with E-state index in [0.717, 1.165) is 50.6 Å². The molecule has 0 fully saturated rings. The highest BCUT2D eigenvalue weighted by molar-refractivity contribution is 6.11. The molecule has 42 heavy (non-hydrogen) atoms. The fraction of sp³-hybridized carbons (Fsp3) is 0. The van der Waals surface area contributed by atoms with Crippen LogP contribution in [0.4, 0.5) is 0 Å². The van der Waals surface area contributed by atoms with Crippen LogP contribution in [0.25, 0.3) is 71.8 Å². The van der Waals surface area contributed by atoms with Crippen LogP contribution >= 0.6 is 0 Å². The quantitative estimate of drug-likeness (QED) is 0.225. The van der Waals surface area contributed by atoms with Crippen molar-refractivity contribution in [3.8, 4) is 50.7 Å². The predicted molar refractivity (Wildman–Crippen MR) is 170 cm³/mol. The topological polar surface area (TPSA) is 39.9 Å². The highest BCUT2D eigenvalue weighted by atomic mass is 16.5. The van der Waals surface area contributed by atoms with Crippen LogP contribution in [0.2, 0.25) is 0 Å². The lowest BCUT2D eigenvalue weighted by molar-refractivity contribution is 0.487. The van der Waals surface area contributed by atoms with Crippen molar-refractivity contribution < 1.29 is 4.74 Å². The summed E-state index contributed by atoms with van der Waals surface area (Å²) in [6.07, 6.45) is 5.57. The second kappa shape index (κ2) is 8.88. The molecule has 0 unspecified atom stereocenters. The molecule has 0 radical (unpaired) electrons. The predicted octanol–water partition coefficient (Wildman–Crippen LogP) is 9.83. The maximum atomic E-state index is 6.34. The first kappa shape index (κ1) is 23.0. The first-order valence-corrected chi connectivity index (χ1v) is 14.1. The number of rotatable bonds is 3. The number of para-hydroxylation sites is 1. The Balaban J connectivity index is 1.18. The fourth-order valence-corrected chi connectivity index (χ4v) is 6.38. The van der Waals surface area contributed by atoms with Crippen molar-refractivity contribution in [1.29, 1.82) is 0 Å². The van der Waals surface area contributed by atoms with Crippen molar-refractivity contribution in [2.24, 2.45) is 0 Å². The van der Waals surface area contributed by atoms with Crippen LogP contribution < -0.4 is 4.74 Å². The Labute approximate surface area is 242 Å². The number of benzene rings is 5. The molecule has 0 bridgehead atoms. The molecule has 4 heteroatoms. The zero-order chi connectivity index (χ0) is 27.6. The van der Waals surface area contributed by atoms with Gasteiger partial charge in [-0.1, -0.05) is 60.7 Å². The molecule has 4 nitrogen and oxygen atoms in total. The van der Waals surface area contributed by atoms with Crippen LogP contribution in [0.3, 0.4) is 0 Å². The Kier molecular flexibility index (Phi) is 4.87. The highest BCUT2D eigenvalue weighted by Gasteiger charge is 2.21. The maximum Gasteiger partial charge on any atom is 0.135 e. The van der Waals surface area contributed by atoms with E-state index >= 15 is 0 Å². The van der Waals surface area contributed by atoms with Crippen LogP contribution in [0, 0.1) is 0 Å². The molecule has 5 aromatic carbocycles. The van der Waals surface area contributed by atoms with Crippen LogP contribution in [0.5, 0.6) is 11.5 Å². The van der Waals surface area contributed by atoms with Gasteiger partial charge in [-0.25, -0.2) is 0 Å². The van der Waals surface area contributed by atoms with Gasteiger partial charge in [0.15, 0.2) is 0 Å². The summed E-state index contributed by atoms with van der Waals surface area (Å²) in [6, 6.07) is 42.7. The molecule has 1 aliphatic rings. The first-order valence-electron chi connectivity index (χ1n) is 14.1. The smallest absolute Gasteiger partial charge is 0.135 e. The molecule has 1 aliphatic heterocycles. The Morgan fingerprint density at radius 3 is 2.29 bits per heavy atom. The standard InChI is InChI=1S/C38H23N3O/c1-2-11-34-29(9-1)31-20-25(13-17-35(31)41(34)28-15-16-33(40-23-28)27-8-5-19-39-22-27)26-14-18-36-32(21-26)30-10-3-6-24-7-4-12-37(42-36)38(24)30/h1-23H. The molecule has 3 aromatic heterocycles.